The van der Waals surface area contributed by atoms with Crippen LogP contribution in [0.2, 0.25) is 0 Å². The molecule has 0 spiro atoms. The molecule has 0 saturated carbocycles. The summed E-state index contributed by atoms with van der Waals surface area (Å²) in [5.74, 6) is 1.05. The molecule has 1 aromatic carbocycles. The van der Waals surface area contributed by atoms with E-state index in [0.29, 0.717) is 24.2 Å². The van der Waals surface area contributed by atoms with Gasteiger partial charge in [-0.25, -0.2) is 4.99 Å². The van der Waals surface area contributed by atoms with Crippen molar-refractivity contribution in [3.05, 3.63) is 24.3 Å². The van der Waals surface area contributed by atoms with Gasteiger partial charge in [-0.05, 0) is 43.5 Å². The Labute approximate surface area is 152 Å². The summed E-state index contributed by atoms with van der Waals surface area (Å²) in [5, 5.41) is 5.69. The minimum Gasteiger partial charge on any atom is -0.494 e. The summed E-state index contributed by atoms with van der Waals surface area (Å²) in [6.07, 6.45) is 1.09. The third-order valence-electron chi connectivity index (χ3n) is 3.57. The fourth-order valence-corrected chi connectivity index (χ4v) is 3.22. The van der Waals surface area contributed by atoms with Gasteiger partial charge in [0.25, 0.3) is 0 Å². The number of aliphatic imine (C=N–C) groups is 1. The number of hydrogen-bond donors (Lipinski definition) is 2. The third-order valence-corrected chi connectivity index (χ3v) is 4.65. The average molecular weight is 363 g/mol. The molecule has 1 heterocycles. The van der Waals surface area contributed by atoms with E-state index in [1.165, 1.54) is 11.8 Å². The Bertz CT molecular complexity index is 629. The van der Waals surface area contributed by atoms with Gasteiger partial charge in [0.2, 0.25) is 11.8 Å². The van der Waals surface area contributed by atoms with Gasteiger partial charge >= 0.3 is 0 Å². The number of thioether (sulfide) groups is 1. The van der Waals surface area contributed by atoms with Crippen molar-refractivity contribution in [3.8, 4) is 5.75 Å². The first-order valence-corrected chi connectivity index (χ1v) is 9.41. The van der Waals surface area contributed by atoms with E-state index in [9.17, 15) is 9.59 Å². The van der Waals surface area contributed by atoms with Crippen LogP contribution in [0.15, 0.2) is 29.3 Å². The van der Waals surface area contributed by atoms with Crippen molar-refractivity contribution >= 4 is 34.4 Å². The van der Waals surface area contributed by atoms with Crippen LogP contribution in [0.25, 0.3) is 0 Å². The molecule has 2 amide bonds. The van der Waals surface area contributed by atoms with Crippen LogP contribution in [0.1, 0.15) is 33.6 Å². The van der Waals surface area contributed by atoms with Crippen molar-refractivity contribution in [2.75, 3.05) is 13.2 Å². The number of amidine groups is 1. The standard InChI is InChI=1S/C18H25N3O3S/c1-4-24-14-7-5-13(6-8-14)20-18-21-17(23)15(25-18)11-16(22)19-10-9-12(2)3/h5-8,12,15H,4,9-11H2,1-3H3,(H,19,22)(H,20,21,23)/t15-/m1/s1. The Morgan fingerprint density at radius 2 is 2.08 bits per heavy atom. The van der Waals surface area contributed by atoms with Crippen molar-refractivity contribution in [1.29, 1.82) is 0 Å². The first kappa shape index (κ1) is 19.3. The number of ether oxygens (including phenoxy) is 1. The number of rotatable bonds is 8. The number of benzene rings is 1. The molecule has 6 nitrogen and oxygen atoms in total. The molecule has 2 N–H and O–H groups in total. The Morgan fingerprint density at radius 3 is 2.72 bits per heavy atom. The Hall–Kier alpha value is -2.02. The van der Waals surface area contributed by atoms with Crippen LogP contribution in [-0.2, 0) is 9.59 Å². The van der Waals surface area contributed by atoms with E-state index in [0.717, 1.165) is 17.9 Å². The zero-order valence-corrected chi connectivity index (χ0v) is 15.7. The fraction of sp³-hybridized carbons (Fsp3) is 0.500. The maximum atomic E-state index is 12.0. The van der Waals surface area contributed by atoms with Gasteiger partial charge in [-0.3, -0.25) is 9.59 Å². The molecule has 25 heavy (non-hydrogen) atoms. The molecular formula is C18H25N3O3S. The molecule has 1 fully saturated rings. The highest BCUT2D eigenvalue weighted by molar-refractivity contribution is 8.15. The van der Waals surface area contributed by atoms with E-state index in [-0.39, 0.29) is 18.2 Å². The number of hydrogen-bond acceptors (Lipinski definition) is 5. The summed E-state index contributed by atoms with van der Waals surface area (Å²) in [4.78, 5) is 28.4. The van der Waals surface area contributed by atoms with Crippen LogP contribution in [0, 0.1) is 5.92 Å². The van der Waals surface area contributed by atoms with E-state index in [1.807, 2.05) is 31.2 Å². The third kappa shape index (κ3) is 6.42. The zero-order chi connectivity index (χ0) is 18.2. The number of carbonyl (C=O) groups is 2. The summed E-state index contributed by atoms with van der Waals surface area (Å²) >= 11 is 1.29. The van der Waals surface area contributed by atoms with Gasteiger partial charge < -0.3 is 15.4 Å². The van der Waals surface area contributed by atoms with Gasteiger partial charge in [-0.15, -0.1) is 0 Å². The minimum absolute atomic E-state index is 0.101. The van der Waals surface area contributed by atoms with Crippen molar-refractivity contribution in [2.45, 2.75) is 38.9 Å². The molecule has 7 heteroatoms. The van der Waals surface area contributed by atoms with E-state index < -0.39 is 5.25 Å². The predicted octanol–water partition coefficient (Wildman–Crippen LogP) is 2.86. The van der Waals surface area contributed by atoms with E-state index in [1.54, 1.807) is 0 Å². The molecule has 1 aromatic rings. The second kappa shape index (κ2) is 9.46. The first-order chi connectivity index (χ1) is 12.0. The minimum atomic E-state index is -0.430. The summed E-state index contributed by atoms with van der Waals surface area (Å²) in [7, 11) is 0. The molecular weight excluding hydrogens is 338 g/mol. The lowest BCUT2D eigenvalue weighted by molar-refractivity contribution is -0.125. The van der Waals surface area contributed by atoms with Crippen LogP contribution in [0.3, 0.4) is 0 Å². The Morgan fingerprint density at radius 1 is 1.36 bits per heavy atom. The average Bonchev–Trinajstić information content (AvgIpc) is 2.88. The monoisotopic (exact) mass is 363 g/mol. The summed E-state index contributed by atoms with van der Waals surface area (Å²) in [6, 6.07) is 7.33. The maximum absolute atomic E-state index is 12.0. The summed E-state index contributed by atoms with van der Waals surface area (Å²) < 4.78 is 5.39. The van der Waals surface area contributed by atoms with Crippen molar-refractivity contribution in [2.24, 2.45) is 10.9 Å². The Kier molecular flexibility index (Phi) is 7.31. The van der Waals surface area contributed by atoms with Crippen molar-refractivity contribution in [1.82, 2.24) is 10.6 Å². The first-order valence-electron chi connectivity index (χ1n) is 8.53. The highest BCUT2D eigenvalue weighted by atomic mass is 32.2. The molecule has 0 unspecified atom stereocenters. The number of amides is 2. The maximum Gasteiger partial charge on any atom is 0.240 e. The molecule has 1 aliphatic rings. The molecule has 0 radical (unpaired) electrons. The molecule has 136 valence electrons. The number of nitrogens with zero attached hydrogens (tertiary/aromatic N) is 1. The van der Waals surface area contributed by atoms with E-state index in [2.05, 4.69) is 29.5 Å². The van der Waals surface area contributed by atoms with Gasteiger partial charge in [-0.1, -0.05) is 25.6 Å². The van der Waals surface area contributed by atoms with E-state index >= 15 is 0 Å². The molecule has 0 bridgehead atoms. The Balaban J connectivity index is 1.87. The molecule has 0 aliphatic carbocycles. The van der Waals surface area contributed by atoms with Gasteiger partial charge in [0, 0.05) is 13.0 Å². The molecule has 0 aromatic heterocycles. The summed E-state index contributed by atoms with van der Waals surface area (Å²) in [5.41, 5.74) is 0.730. The molecule has 1 saturated heterocycles. The van der Waals surface area contributed by atoms with Crippen molar-refractivity contribution < 1.29 is 14.3 Å². The number of carbonyl (C=O) groups excluding carboxylic acids is 2. The molecule has 2 rings (SSSR count). The van der Waals surface area contributed by atoms with Crippen LogP contribution in [0.5, 0.6) is 5.75 Å². The lowest BCUT2D eigenvalue weighted by Gasteiger charge is -2.08. The predicted molar refractivity (Wildman–Crippen MR) is 101 cm³/mol. The van der Waals surface area contributed by atoms with Gasteiger partial charge in [-0.2, -0.15) is 0 Å². The smallest absolute Gasteiger partial charge is 0.240 e. The quantitative estimate of drug-likeness (QED) is 0.744. The normalized spacial score (nSPS) is 18.5. The highest BCUT2D eigenvalue weighted by Gasteiger charge is 2.32. The zero-order valence-electron chi connectivity index (χ0n) is 14.9. The number of nitrogens with one attached hydrogen (secondary N) is 2. The van der Waals surface area contributed by atoms with Gasteiger partial charge in [0.1, 0.15) is 11.0 Å². The highest BCUT2D eigenvalue weighted by Crippen LogP contribution is 2.26. The largest absolute Gasteiger partial charge is 0.494 e. The van der Waals surface area contributed by atoms with Crippen LogP contribution in [-0.4, -0.2) is 35.4 Å². The van der Waals surface area contributed by atoms with Crippen LogP contribution >= 0.6 is 11.8 Å². The molecule has 1 aliphatic heterocycles. The SMILES string of the molecule is CCOc1ccc(N=C2NC(=O)[C@@H](CC(=O)NCCC(C)C)S2)cc1. The van der Waals surface area contributed by atoms with Crippen LogP contribution < -0.4 is 15.4 Å². The molecule has 1 atom stereocenters. The second-order valence-electron chi connectivity index (χ2n) is 6.18. The lowest BCUT2D eigenvalue weighted by atomic mass is 10.1. The topological polar surface area (TPSA) is 79.8 Å². The van der Waals surface area contributed by atoms with Crippen LogP contribution in [0.4, 0.5) is 5.69 Å². The van der Waals surface area contributed by atoms with Gasteiger partial charge in [0.15, 0.2) is 5.17 Å². The van der Waals surface area contributed by atoms with E-state index in [4.69, 9.17) is 4.74 Å². The van der Waals surface area contributed by atoms with Gasteiger partial charge in [0.05, 0.1) is 12.3 Å². The second-order valence-corrected chi connectivity index (χ2v) is 7.37. The fourth-order valence-electron chi connectivity index (χ4n) is 2.23. The lowest BCUT2D eigenvalue weighted by Crippen LogP contribution is -2.32. The summed E-state index contributed by atoms with van der Waals surface area (Å²) in [6.45, 7) is 7.40. The van der Waals surface area contributed by atoms with Crippen molar-refractivity contribution in [3.63, 3.8) is 0 Å².